The Morgan fingerprint density at radius 1 is 1.36 bits per heavy atom. The molecule has 1 aromatic rings. The molecule has 1 heterocycles. The summed E-state index contributed by atoms with van der Waals surface area (Å²) in [6, 6.07) is 1.97. The Labute approximate surface area is 85.4 Å². The second-order valence-electron chi connectivity index (χ2n) is 3.51. The highest BCUT2D eigenvalue weighted by Gasteiger charge is 2.02. The summed E-state index contributed by atoms with van der Waals surface area (Å²) in [6.45, 7) is 5.01. The lowest BCUT2D eigenvalue weighted by Gasteiger charge is -2.13. The number of anilines is 2. The highest BCUT2D eigenvalue weighted by molar-refractivity contribution is 5.43. The molecule has 0 amide bonds. The first kappa shape index (κ1) is 10.8. The number of hydrogen-bond donors (Lipinski definition) is 1. The lowest BCUT2D eigenvalue weighted by atomic mass is 10.4. The van der Waals surface area contributed by atoms with E-state index in [2.05, 4.69) is 22.2 Å². The molecule has 0 aliphatic heterocycles. The van der Waals surface area contributed by atoms with Crippen molar-refractivity contribution in [1.29, 1.82) is 0 Å². The number of hydrogen-bond acceptors (Lipinski definition) is 4. The van der Waals surface area contributed by atoms with E-state index in [0.717, 1.165) is 30.4 Å². The molecule has 1 rings (SSSR count). The summed E-state index contributed by atoms with van der Waals surface area (Å²) in [5.74, 6) is 1.66. The van der Waals surface area contributed by atoms with Crippen LogP contribution in [0.5, 0.6) is 0 Å². The summed E-state index contributed by atoms with van der Waals surface area (Å²) >= 11 is 0. The third-order valence-corrected chi connectivity index (χ3v) is 1.83. The number of rotatable bonds is 4. The Kier molecular flexibility index (Phi) is 3.68. The molecule has 0 aliphatic rings. The number of nitrogens with one attached hydrogen (secondary N) is 1. The maximum absolute atomic E-state index is 4.37. The van der Waals surface area contributed by atoms with Crippen LogP contribution in [0.4, 0.5) is 11.8 Å². The quantitative estimate of drug-likeness (QED) is 0.791. The maximum atomic E-state index is 4.37. The van der Waals surface area contributed by atoms with Crippen molar-refractivity contribution in [3.05, 3.63) is 11.8 Å². The van der Waals surface area contributed by atoms with Crippen molar-refractivity contribution in [2.75, 3.05) is 30.9 Å². The average Bonchev–Trinajstić information content (AvgIpc) is 2.14. The van der Waals surface area contributed by atoms with Crippen molar-refractivity contribution in [3.8, 4) is 0 Å². The molecule has 1 aromatic heterocycles. The molecule has 0 radical (unpaired) electrons. The van der Waals surface area contributed by atoms with E-state index in [1.165, 1.54) is 0 Å². The number of aryl methyl sites for hydroxylation is 1. The monoisotopic (exact) mass is 194 g/mol. The zero-order chi connectivity index (χ0) is 10.6. The zero-order valence-electron chi connectivity index (χ0n) is 9.33. The van der Waals surface area contributed by atoms with Crippen LogP contribution in [0.25, 0.3) is 0 Å². The van der Waals surface area contributed by atoms with Gasteiger partial charge < -0.3 is 10.2 Å². The molecule has 14 heavy (non-hydrogen) atoms. The van der Waals surface area contributed by atoms with Gasteiger partial charge in [0.05, 0.1) is 0 Å². The largest absolute Gasteiger partial charge is 0.363 e. The summed E-state index contributed by atoms with van der Waals surface area (Å²) in [5, 5.41) is 3.18. The molecule has 0 spiro atoms. The highest BCUT2D eigenvalue weighted by atomic mass is 15.2. The van der Waals surface area contributed by atoms with E-state index in [4.69, 9.17) is 0 Å². The van der Waals surface area contributed by atoms with Crippen LogP contribution in [0.15, 0.2) is 6.07 Å². The first-order valence-corrected chi connectivity index (χ1v) is 4.90. The van der Waals surface area contributed by atoms with E-state index in [1.807, 2.05) is 32.0 Å². The molecule has 0 saturated carbocycles. The minimum absolute atomic E-state index is 0.718. The zero-order valence-corrected chi connectivity index (χ0v) is 9.33. The predicted octanol–water partition coefficient (Wildman–Crippen LogP) is 1.67. The third kappa shape index (κ3) is 2.87. The average molecular weight is 194 g/mol. The van der Waals surface area contributed by atoms with Gasteiger partial charge >= 0.3 is 0 Å². The smallest absolute Gasteiger partial charge is 0.224 e. The summed E-state index contributed by atoms with van der Waals surface area (Å²) in [5.41, 5.74) is 0.988. The van der Waals surface area contributed by atoms with E-state index in [0.29, 0.717) is 0 Å². The van der Waals surface area contributed by atoms with E-state index in [1.54, 1.807) is 0 Å². The fourth-order valence-corrected chi connectivity index (χ4v) is 1.10. The molecular formula is C10H18N4. The van der Waals surface area contributed by atoms with E-state index < -0.39 is 0 Å². The molecule has 1 N–H and O–H groups in total. The second kappa shape index (κ2) is 4.79. The highest BCUT2D eigenvalue weighted by Crippen LogP contribution is 2.11. The van der Waals surface area contributed by atoms with Gasteiger partial charge in [-0.3, -0.25) is 0 Å². The summed E-state index contributed by atoms with van der Waals surface area (Å²) in [6.07, 6.45) is 1.08. The van der Waals surface area contributed by atoms with Gasteiger partial charge in [-0.1, -0.05) is 6.92 Å². The van der Waals surface area contributed by atoms with Crippen molar-refractivity contribution in [2.24, 2.45) is 0 Å². The van der Waals surface area contributed by atoms with Crippen LogP contribution >= 0.6 is 0 Å². The lowest BCUT2D eigenvalue weighted by molar-refractivity contribution is 0.936. The Hall–Kier alpha value is -1.32. The van der Waals surface area contributed by atoms with Crippen LogP contribution in [0.3, 0.4) is 0 Å². The minimum Gasteiger partial charge on any atom is -0.363 e. The summed E-state index contributed by atoms with van der Waals surface area (Å²) < 4.78 is 0. The molecule has 0 atom stereocenters. The van der Waals surface area contributed by atoms with Crippen LogP contribution in [-0.4, -0.2) is 30.6 Å². The molecule has 0 aromatic carbocycles. The molecule has 0 unspecified atom stereocenters. The van der Waals surface area contributed by atoms with Crippen molar-refractivity contribution in [3.63, 3.8) is 0 Å². The van der Waals surface area contributed by atoms with Gasteiger partial charge in [0.25, 0.3) is 0 Å². The van der Waals surface area contributed by atoms with Crippen LogP contribution in [0.2, 0.25) is 0 Å². The van der Waals surface area contributed by atoms with Crippen molar-refractivity contribution in [1.82, 2.24) is 9.97 Å². The molecule has 0 fully saturated rings. The lowest BCUT2D eigenvalue weighted by Crippen LogP contribution is -2.13. The number of aromatic nitrogens is 2. The summed E-state index contributed by atoms with van der Waals surface area (Å²) in [4.78, 5) is 10.7. The first-order valence-electron chi connectivity index (χ1n) is 4.90. The Morgan fingerprint density at radius 3 is 2.64 bits per heavy atom. The predicted molar refractivity (Wildman–Crippen MR) is 59.9 cm³/mol. The molecule has 4 heteroatoms. The number of nitrogens with zero attached hydrogens (tertiary/aromatic N) is 3. The first-order chi connectivity index (χ1) is 6.63. The van der Waals surface area contributed by atoms with Crippen LogP contribution in [0.1, 0.15) is 19.0 Å². The normalized spacial score (nSPS) is 10.0. The molecule has 4 nitrogen and oxygen atoms in total. The minimum atomic E-state index is 0.718. The second-order valence-corrected chi connectivity index (χ2v) is 3.51. The van der Waals surface area contributed by atoms with Gasteiger partial charge in [0.15, 0.2) is 0 Å². The fraction of sp³-hybridized carbons (Fsp3) is 0.600. The van der Waals surface area contributed by atoms with Crippen molar-refractivity contribution < 1.29 is 0 Å². The van der Waals surface area contributed by atoms with E-state index in [-0.39, 0.29) is 0 Å². The van der Waals surface area contributed by atoms with E-state index in [9.17, 15) is 0 Å². The van der Waals surface area contributed by atoms with Gasteiger partial charge in [0, 0.05) is 32.4 Å². The van der Waals surface area contributed by atoms with Gasteiger partial charge in [-0.15, -0.1) is 0 Å². The summed E-state index contributed by atoms with van der Waals surface area (Å²) in [7, 11) is 3.96. The molecule has 0 bridgehead atoms. The molecule has 0 saturated heterocycles. The van der Waals surface area contributed by atoms with Gasteiger partial charge in [0.2, 0.25) is 5.95 Å². The Bertz CT molecular complexity index is 296. The van der Waals surface area contributed by atoms with Crippen molar-refractivity contribution >= 4 is 11.8 Å². The van der Waals surface area contributed by atoms with Crippen LogP contribution < -0.4 is 10.2 Å². The van der Waals surface area contributed by atoms with Gasteiger partial charge in [-0.2, -0.15) is 4.98 Å². The van der Waals surface area contributed by atoms with Gasteiger partial charge in [-0.05, 0) is 13.3 Å². The van der Waals surface area contributed by atoms with Gasteiger partial charge in [0.1, 0.15) is 5.82 Å². The van der Waals surface area contributed by atoms with E-state index >= 15 is 0 Å². The van der Waals surface area contributed by atoms with Crippen LogP contribution in [0, 0.1) is 6.92 Å². The fourth-order valence-electron chi connectivity index (χ4n) is 1.10. The topological polar surface area (TPSA) is 41.1 Å². The van der Waals surface area contributed by atoms with Gasteiger partial charge in [-0.25, -0.2) is 4.98 Å². The Balaban J connectivity index is 2.84. The SMILES string of the molecule is CCCNc1nc(C)cc(N(C)C)n1. The Morgan fingerprint density at radius 2 is 2.07 bits per heavy atom. The van der Waals surface area contributed by atoms with Crippen molar-refractivity contribution in [2.45, 2.75) is 20.3 Å². The maximum Gasteiger partial charge on any atom is 0.224 e. The molecule has 78 valence electrons. The standard InChI is InChI=1S/C10H18N4/c1-5-6-11-10-12-8(2)7-9(13-10)14(3)4/h7H,5-6H2,1-4H3,(H,11,12,13). The molecule has 0 aliphatic carbocycles. The third-order valence-electron chi connectivity index (χ3n) is 1.83. The molecular weight excluding hydrogens is 176 g/mol. The van der Waals surface area contributed by atoms with Crippen LogP contribution in [-0.2, 0) is 0 Å².